The quantitative estimate of drug-likeness (QED) is 0.543. The van der Waals surface area contributed by atoms with Crippen LogP contribution in [0.5, 0.6) is 0 Å². The van der Waals surface area contributed by atoms with E-state index in [1.165, 1.54) is 4.57 Å². The molecule has 2 aromatic heterocycles. The largest absolute Gasteiger partial charge is 0.396 e. The monoisotopic (exact) mass is 490 g/mol. The maximum atomic E-state index is 16.5. The summed E-state index contributed by atoms with van der Waals surface area (Å²) in [6, 6.07) is 7.18. The number of fused-ring (bicyclic) bond motifs is 1. The summed E-state index contributed by atoms with van der Waals surface area (Å²) in [5.74, 6) is 1.14. The summed E-state index contributed by atoms with van der Waals surface area (Å²) in [6.45, 7) is 4.49. The third-order valence-electron chi connectivity index (χ3n) is 7.19. The lowest BCUT2D eigenvalue weighted by Crippen LogP contribution is -2.40. The first-order valence-corrected chi connectivity index (χ1v) is 12.3. The van der Waals surface area contributed by atoms with Gasteiger partial charge in [0.1, 0.15) is 5.82 Å². The first kappa shape index (κ1) is 24.7. The van der Waals surface area contributed by atoms with Crippen molar-refractivity contribution in [3.8, 4) is 0 Å². The highest BCUT2D eigenvalue weighted by molar-refractivity contribution is 6.30. The minimum atomic E-state index is -1.69. The van der Waals surface area contributed by atoms with Gasteiger partial charge in [-0.05, 0) is 61.6 Å². The summed E-state index contributed by atoms with van der Waals surface area (Å²) in [6.07, 6.45) is 2.41. The molecule has 1 fully saturated rings. The molecular weight excluding hydrogens is 459 g/mol. The minimum absolute atomic E-state index is 0.0796. The van der Waals surface area contributed by atoms with Crippen LogP contribution in [0.2, 0.25) is 5.02 Å². The molecule has 0 aliphatic heterocycles. The lowest BCUT2D eigenvalue weighted by molar-refractivity contribution is 0.0581. The van der Waals surface area contributed by atoms with Gasteiger partial charge in [-0.1, -0.05) is 37.6 Å². The zero-order chi connectivity index (χ0) is 24.6. The zero-order valence-corrected chi connectivity index (χ0v) is 20.7. The van der Waals surface area contributed by atoms with Gasteiger partial charge in [0, 0.05) is 31.8 Å². The van der Waals surface area contributed by atoms with Crippen LogP contribution in [-0.2, 0) is 25.8 Å². The van der Waals surface area contributed by atoms with Crippen molar-refractivity contribution in [1.29, 1.82) is 0 Å². The average Bonchev–Trinajstić information content (AvgIpc) is 3.20. The molecule has 0 atom stereocenters. The number of imidazole rings is 1. The van der Waals surface area contributed by atoms with E-state index < -0.39 is 16.9 Å². The van der Waals surface area contributed by atoms with Gasteiger partial charge in [0.2, 0.25) is 0 Å². The molecule has 2 heterocycles. The van der Waals surface area contributed by atoms with Crippen LogP contribution in [-0.4, -0.2) is 30.4 Å². The Kier molecular flexibility index (Phi) is 7.01. The number of hydrogen-bond acceptors (Lipinski definition) is 4. The molecule has 3 aromatic rings. The Morgan fingerprint density at radius 1 is 1.18 bits per heavy atom. The lowest BCUT2D eigenvalue weighted by atomic mass is 9.75. The van der Waals surface area contributed by atoms with Crippen molar-refractivity contribution in [2.24, 2.45) is 18.9 Å². The number of aliphatic hydroxyl groups excluding tert-OH is 1. The third-order valence-corrected chi connectivity index (χ3v) is 7.44. The van der Waals surface area contributed by atoms with Gasteiger partial charge in [-0.15, -0.1) is 0 Å². The molecule has 1 aromatic carbocycles. The molecule has 0 saturated heterocycles. The van der Waals surface area contributed by atoms with E-state index >= 15 is 4.39 Å². The highest BCUT2D eigenvalue weighted by Gasteiger charge is 2.42. The van der Waals surface area contributed by atoms with Gasteiger partial charge >= 0.3 is 5.69 Å². The normalized spacial score (nSPS) is 21.0. The van der Waals surface area contributed by atoms with Gasteiger partial charge in [-0.25, -0.2) is 14.2 Å². The Morgan fingerprint density at radius 3 is 2.41 bits per heavy atom. The number of halogens is 2. The number of aliphatic hydroxyl groups is 1. The Labute approximate surface area is 202 Å². The number of aryl methyl sites for hydroxylation is 1. The van der Waals surface area contributed by atoms with Crippen LogP contribution in [0, 0.1) is 11.8 Å². The number of hydrogen-bond donors (Lipinski definition) is 1. The highest BCUT2D eigenvalue weighted by Crippen LogP contribution is 2.45. The summed E-state index contributed by atoms with van der Waals surface area (Å²) in [4.78, 5) is 31.0. The van der Waals surface area contributed by atoms with Crippen molar-refractivity contribution in [1.82, 2.24) is 18.7 Å². The molecule has 0 bridgehead atoms. The summed E-state index contributed by atoms with van der Waals surface area (Å²) in [7, 11) is 1.55. The Balaban J connectivity index is 1.91. The van der Waals surface area contributed by atoms with Gasteiger partial charge in [-0.2, -0.15) is 0 Å². The fraction of sp³-hybridized carbons (Fsp3) is 0.560. The van der Waals surface area contributed by atoms with Crippen molar-refractivity contribution < 1.29 is 9.50 Å². The third kappa shape index (κ3) is 4.45. The van der Waals surface area contributed by atoms with Gasteiger partial charge in [0.05, 0.1) is 0 Å². The summed E-state index contributed by atoms with van der Waals surface area (Å²) in [5, 5.41) is 9.82. The van der Waals surface area contributed by atoms with E-state index in [0.717, 1.165) is 23.0 Å². The number of aromatic nitrogens is 4. The summed E-state index contributed by atoms with van der Waals surface area (Å²) in [5.41, 5.74) is -1.49. The van der Waals surface area contributed by atoms with Crippen LogP contribution in [0.25, 0.3) is 11.2 Å². The molecule has 1 aliphatic rings. The molecule has 0 unspecified atom stereocenters. The van der Waals surface area contributed by atoms with E-state index in [4.69, 9.17) is 11.6 Å². The molecule has 184 valence electrons. The minimum Gasteiger partial charge on any atom is -0.396 e. The molecule has 0 amide bonds. The van der Waals surface area contributed by atoms with Crippen molar-refractivity contribution in [2.75, 3.05) is 6.61 Å². The first-order valence-electron chi connectivity index (χ1n) is 11.9. The molecule has 1 N–H and O–H groups in total. The number of benzene rings is 1. The molecule has 4 rings (SSSR count). The fourth-order valence-electron chi connectivity index (χ4n) is 5.05. The van der Waals surface area contributed by atoms with E-state index in [2.05, 4.69) is 18.8 Å². The van der Waals surface area contributed by atoms with Gasteiger partial charge in [0.15, 0.2) is 16.8 Å². The molecular formula is C25H32ClFN4O3. The summed E-state index contributed by atoms with van der Waals surface area (Å²) >= 11 is 6.04. The molecule has 9 heteroatoms. The highest BCUT2D eigenvalue weighted by atomic mass is 35.5. The van der Waals surface area contributed by atoms with E-state index in [9.17, 15) is 14.7 Å². The standard InChI is InChI=1S/C25H32ClFN4O3/c1-16(2)18-9-11-25(27,12-10-18)23-28-21-20(31(23)15-17-5-7-19(26)8-6-17)22(33)30(13-4-14-32)24(34)29(21)3/h5-8,16,18,32H,4,9-15H2,1-3H3. The Morgan fingerprint density at radius 2 is 1.82 bits per heavy atom. The van der Waals surface area contributed by atoms with Gasteiger partial charge in [0.25, 0.3) is 5.56 Å². The molecule has 0 spiro atoms. The van der Waals surface area contributed by atoms with E-state index in [1.54, 1.807) is 23.7 Å². The molecule has 1 aliphatic carbocycles. The molecule has 1 saturated carbocycles. The van der Waals surface area contributed by atoms with Crippen molar-refractivity contribution in [3.05, 3.63) is 61.5 Å². The van der Waals surface area contributed by atoms with Crippen molar-refractivity contribution >= 4 is 22.8 Å². The van der Waals surface area contributed by atoms with Gasteiger partial charge in [-0.3, -0.25) is 13.9 Å². The van der Waals surface area contributed by atoms with Crippen LogP contribution >= 0.6 is 11.6 Å². The van der Waals surface area contributed by atoms with Crippen LogP contribution < -0.4 is 11.2 Å². The first-order chi connectivity index (χ1) is 16.2. The predicted octanol–water partition coefficient (Wildman–Crippen LogP) is 3.99. The smallest absolute Gasteiger partial charge is 0.332 e. The molecule has 0 radical (unpaired) electrons. The molecule has 34 heavy (non-hydrogen) atoms. The Bertz CT molecular complexity index is 1280. The maximum Gasteiger partial charge on any atom is 0.332 e. The van der Waals surface area contributed by atoms with Crippen molar-refractivity contribution in [3.63, 3.8) is 0 Å². The second-order valence-electron chi connectivity index (χ2n) is 9.74. The van der Waals surface area contributed by atoms with Crippen LogP contribution in [0.1, 0.15) is 57.3 Å². The van der Waals surface area contributed by atoms with Crippen LogP contribution in [0.4, 0.5) is 4.39 Å². The Hall–Kier alpha value is -2.45. The lowest BCUT2D eigenvalue weighted by Gasteiger charge is -2.35. The van der Waals surface area contributed by atoms with E-state index in [1.807, 2.05) is 12.1 Å². The maximum absolute atomic E-state index is 16.5. The number of rotatable bonds is 7. The zero-order valence-electron chi connectivity index (χ0n) is 19.9. The second-order valence-corrected chi connectivity index (χ2v) is 10.2. The van der Waals surface area contributed by atoms with Crippen LogP contribution in [0.15, 0.2) is 33.9 Å². The fourth-order valence-corrected chi connectivity index (χ4v) is 5.18. The average molecular weight is 491 g/mol. The van der Waals surface area contributed by atoms with E-state index in [0.29, 0.717) is 29.7 Å². The van der Waals surface area contributed by atoms with Gasteiger partial charge < -0.3 is 9.67 Å². The number of nitrogens with zero attached hydrogens (tertiary/aromatic N) is 4. The predicted molar refractivity (Wildman–Crippen MR) is 131 cm³/mol. The number of alkyl halides is 1. The summed E-state index contributed by atoms with van der Waals surface area (Å²) < 4.78 is 20.6. The van der Waals surface area contributed by atoms with Crippen molar-refractivity contribution in [2.45, 2.75) is 64.7 Å². The molecule has 7 nitrogen and oxygen atoms in total. The second kappa shape index (κ2) is 9.66. The SMILES string of the molecule is CC(C)C1CCC(F)(c2nc3c(c(=O)n(CCCO)c(=O)n3C)n2Cc2ccc(Cl)cc2)CC1. The topological polar surface area (TPSA) is 82.1 Å². The van der Waals surface area contributed by atoms with Crippen LogP contribution in [0.3, 0.4) is 0 Å². The van der Waals surface area contributed by atoms with E-state index in [-0.39, 0.29) is 43.1 Å².